The maximum absolute atomic E-state index is 12.7. The SMILES string of the molecule is Cc1cc(S(=O)(=O)N(CCC#N)CC(C)C)cc(N)c1Cl. The topological polar surface area (TPSA) is 87.2 Å². The van der Waals surface area contributed by atoms with Crippen LogP contribution in [0.2, 0.25) is 5.02 Å². The predicted molar refractivity (Wildman–Crippen MR) is 84.4 cm³/mol. The molecule has 7 heteroatoms. The van der Waals surface area contributed by atoms with Gasteiger partial charge in [0.05, 0.1) is 21.7 Å². The summed E-state index contributed by atoms with van der Waals surface area (Å²) in [7, 11) is -3.69. The van der Waals surface area contributed by atoms with Gasteiger partial charge in [0.1, 0.15) is 0 Å². The van der Waals surface area contributed by atoms with Gasteiger partial charge in [0.25, 0.3) is 0 Å². The summed E-state index contributed by atoms with van der Waals surface area (Å²) in [4.78, 5) is 0.112. The molecule has 0 spiro atoms. The zero-order chi connectivity index (χ0) is 16.2. The first kappa shape index (κ1) is 17.8. The van der Waals surface area contributed by atoms with Gasteiger partial charge in [-0.2, -0.15) is 9.57 Å². The van der Waals surface area contributed by atoms with E-state index in [9.17, 15) is 8.42 Å². The van der Waals surface area contributed by atoms with Crippen LogP contribution in [0, 0.1) is 24.2 Å². The van der Waals surface area contributed by atoms with Crippen molar-refractivity contribution in [3.8, 4) is 6.07 Å². The van der Waals surface area contributed by atoms with Gasteiger partial charge in [-0.05, 0) is 30.5 Å². The highest BCUT2D eigenvalue weighted by Crippen LogP contribution is 2.28. The second-order valence-corrected chi connectivity index (χ2v) is 7.62. The van der Waals surface area contributed by atoms with Crippen LogP contribution >= 0.6 is 11.6 Å². The van der Waals surface area contributed by atoms with Crippen LogP contribution in [0.3, 0.4) is 0 Å². The Labute approximate surface area is 131 Å². The number of nitrogen functional groups attached to an aromatic ring is 1. The van der Waals surface area contributed by atoms with Crippen LogP contribution < -0.4 is 5.73 Å². The lowest BCUT2D eigenvalue weighted by molar-refractivity contribution is 0.373. The number of hydrogen-bond donors (Lipinski definition) is 1. The molecule has 116 valence electrons. The molecule has 0 amide bonds. The zero-order valence-electron chi connectivity index (χ0n) is 12.4. The van der Waals surface area contributed by atoms with E-state index in [-0.39, 0.29) is 29.5 Å². The predicted octanol–water partition coefficient (Wildman–Crippen LogP) is 2.79. The van der Waals surface area contributed by atoms with Gasteiger partial charge in [-0.1, -0.05) is 25.4 Å². The largest absolute Gasteiger partial charge is 0.397 e. The van der Waals surface area contributed by atoms with Crippen molar-refractivity contribution in [2.75, 3.05) is 18.8 Å². The summed E-state index contributed by atoms with van der Waals surface area (Å²) in [5.41, 5.74) is 6.60. The molecule has 0 heterocycles. The average molecular weight is 330 g/mol. The maximum Gasteiger partial charge on any atom is 0.243 e. The van der Waals surface area contributed by atoms with Crippen LogP contribution in [-0.2, 0) is 10.0 Å². The number of halogens is 1. The lowest BCUT2D eigenvalue weighted by Crippen LogP contribution is -2.35. The normalized spacial score (nSPS) is 11.9. The highest BCUT2D eigenvalue weighted by Gasteiger charge is 2.26. The van der Waals surface area contributed by atoms with Crippen LogP contribution in [0.25, 0.3) is 0 Å². The monoisotopic (exact) mass is 329 g/mol. The van der Waals surface area contributed by atoms with E-state index in [2.05, 4.69) is 0 Å². The average Bonchev–Trinajstić information content (AvgIpc) is 2.39. The van der Waals surface area contributed by atoms with Crippen molar-refractivity contribution in [1.29, 1.82) is 5.26 Å². The number of aryl methyl sites for hydroxylation is 1. The molecule has 0 saturated heterocycles. The third-order valence-electron chi connectivity index (χ3n) is 2.94. The quantitative estimate of drug-likeness (QED) is 0.813. The summed E-state index contributed by atoms with van der Waals surface area (Å²) < 4.78 is 26.7. The number of nitrogens with two attached hydrogens (primary N) is 1. The van der Waals surface area contributed by atoms with E-state index in [1.165, 1.54) is 16.4 Å². The van der Waals surface area contributed by atoms with Crippen molar-refractivity contribution in [1.82, 2.24) is 4.31 Å². The first-order chi connectivity index (χ1) is 9.70. The maximum atomic E-state index is 12.7. The molecule has 0 unspecified atom stereocenters. The zero-order valence-corrected chi connectivity index (χ0v) is 14.0. The molecular formula is C14H20ClN3O2S. The second kappa shape index (κ2) is 7.12. The number of nitriles is 1. The Hall–Kier alpha value is -1.29. The Morgan fingerprint density at radius 2 is 2.05 bits per heavy atom. The molecule has 0 atom stereocenters. The van der Waals surface area contributed by atoms with Gasteiger partial charge in [0.15, 0.2) is 0 Å². The third-order valence-corrected chi connectivity index (χ3v) is 5.29. The number of sulfonamides is 1. The fourth-order valence-corrected chi connectivity index (χ4v) is 3.79. The van der Waals surface area contributed by atoms with Gasteiger partial charge >= 0.3 is 0 Å². The summed E-state index contributed by atoms with van der Waals surface area (Å²) >= 11 is 5.97. The molecule has 0 aliphatic carbocycles. The minimum atomic E-state index is -3.69. The lowest BCUT2D eigenvalue weighted by Gasteiger charge is -2.23. The summed E-state index contributed by atoms with van der Waals surface area (Å²) in [5.74, 6) is 0.157. The fourth-order valence-electron chi connectivity index (χ4n) is 1.95. The number of anilines is 1. The first-order valence-electron chi connectivity index (χ1n) is 6.62. The summed E-state index contributed by atoms with van der Waals surface area (Å²) in [6.45, 7) is 6.08. The van der Waals surface area contributed by atoms with E-state index >= 15 is 0 Å². The van der Waals surface area contributed by atoms with Gasteiger partial charge in [-0.15, -0.1) is 0 Å². The van der Waals surface area contributed by atoms with E-state index in [1.807, 2.05) is 19.9 Å². The molecule has 1 rings (SSSR count). The van der Waals surface area contributed by atoms with Gasteiger partial charge in [0.2, 0.25) is 10.0 Å². The fraction of sp³-hybridized carbons (Fsp3) is 0.500. The number of benzene rings is 1. The van der Waals surface area contributed by atoms with E-state index in [0.717, 1.165) is 0 Å². The number of rotatable bonds is 6. The molecule has 0 bridgehead atoms. The Balaban J connectivity index is 3.25. The Morgan fingerprint density at radius 1 is 1.43 bits per heavy atom. The molecule has 0 radical (unpaired) electrons. The van der Waals surface area contributed by atoms with Crippen molar-refractivity contribution in [3.63, 3.8) is 0 Å². The summed E-state index contributed by atoms with van der Waals surface area (Å²) in [6, 6.07) is 4.85. The molecular weight excluding hydrogens is 310 g/mol. The molecule has 21 heavy (non-hydrogen) atoms. The van der Waals surface area contributed by atoms with Crippen molar-refractivity contribution >= 4 is 27.3 Å². The molecule has 0 saturated carbocycles. The van der Waals surface area contributed by atoms with Crippen LogP contribution in [-0.4, -0.2) is 25.8 Å². The molecule has 0 fully saturated rings. The minimum Gasteiger partial charge on any atom is -0.397 e. The second-order valence-electron chi connectivity index (χ2n) is 5.31. The van der Waals surface area contributed by atoms with Crippen LogP contribution in [0.1, 0.15) is 25.8 Å². The molecule has 5 nitrogen and oxygen atoms in total. The van der Waals surface area contributed by atoms with E-state index in [4.69, 9.17) is 22.6 Å². The Kier molecular flexibility index (Phi) is 6.02. The van der Waals surface area contributed by atoms with Crippen LogP contribution in [0.4, 0.5) is 5.69 Å². The van der Waals surface area contributed by atoms with Gasteiger partial charge < -0.3 is 5.73 Å². The van der Waals surface area contributed by atoms with Crippen LogP contribution in [0.5, 0.6) is 0 Å². The summed E-state index contributed by atoms with van der Waals surface area (Å²) in [5, 5.41) is 9.06. The molecule has 0 aliphatic rings. The molecule has 1 aromatic carbocycles. The smallest absolute Gasteiger partial charge is 0.243 e. The van der Waals surface area contributed by atoms with E-state index in [1.54, 1.807) is 6.92 Å². The van der Waals surface area contributed by atoms with Gasteiger partial charge in [-0.3, -0.25) is 0 Å². The molecule has 0 aromatic heterocycles. The Bertz CT molecular complexity index is 628. The molecule has 1 aromatic rings. The Morgan fingerprint density at radius 3 is 2.52 bits per heavy atom. The van der Waals surface area contributed by atoms with Crippen molar-refractivity contribution in [2.24, 2.45) is 5.92 Å². The lowest BCUT2D eigenvalue weighted by atomic mass is 10.2. The van der Waals surface area contributed by atoms with E-state index in [0.29, 0.717) is 17.1 Å². The number of hydrogen-bond acceptors (Lipinski definition) is 4. The van der Waals surface area contributed by atoms with Gasteiger partial charge in [0, 0.05) is 19.5 Å². The highest BCUT2D eigenvalue weighted by atomic mass is 35.5. The minimum absolute atomic E-state index is 0.112. The van der Waals surface area contributed by atoms with Crippen molar-refractivity contribution in [3.05, 3.63) is 22.7 Å². The number of nitrogens with zero attached hydrogens (tertiary/aromatic N) is 2. The van der Waals surface area contributed by atoms with Crippen molar-refractivity contribution < 1.29 is 8.42 Å². The van der Waals surface area contributed by atoms with E-state index < -0.39 is 10.0 Å². The third kappa shape index (κ3) is 4.34. The summed E-state index contributed by atoms with van der Waals surface area (Å²) in [6.07, 6.45) is 0.147. The van der Waals surface area contributed by atoms with Crippen molar-refractivity contribution in [2.45, 2.75) is 32.1 Å². The first-order valence-corrected chi connectivity index (χ1v) is 8.44. The highest BCUT2D eigenvalue weighted by molar-refractivity contribution is 7.89. The molecule has 0 aliphatic heterocycles. The molecule has 2 N–H and O–H groups in total. The van der Waals surface area contributed by atoms with Gasteiger partial charge in [-0.25, -0.2) is 8.42 Å². The van der Waals surface area contributed by atoms with Crippen LogP contribution in [0.15, 0.2) is 17.0 Å². The standard InChI is InChI=1S/C14H20ClN3O2S/c1-10(2)9-18(6-4-5-16)21(19,20)12-7-11(3)14(15)13(17)8-12/h7-8,10H,4,6,9,17H2,1-3H3.